The number of nitrogens with zero attached hydrogens (tertiary/aromatic N) is 2. The number of carboxylic acids is 1. The average Bonchev–Trinajstić information content (AvgIpc) is 2.97. The van der Waals surface area contributed by atoms with Crippen LogP contribution in [0.4, 0.5) is 0 Å². The third-order valence-corrected chi connectivity index (χ3v) is 4.17. The van der Waals surface area contributed by atoms with E-state index in [1.807, 2.05) is 0 Å². The molecule has 1 saturated heterocycles. The van der Waals surface area contributed by atoms with Crippen LogP contribution in [-0.4, -0.2) is 46.0 Å². The van der Waals surface area contributed by atoms with Crippen LogP contribution in [0.5, 0.6) is 0 Å². The number of hydrogen-bond acceptors (Lipinski definition) is 4. The Bertz CT molecular complexity index is 746. The summed E-state index contributed by atoms with van der Waals surface area (Å²) in [6.45, 7) is 3.05. The van der Waals surface area contributed by atoms with E-state index in [0.29, 0.717) is 30.2 Å². The molecule has 0 aliphatic carbocycles. The molecule has 1 fully saturated rings. The van der Waals surface area contributed by atoms with E-state index in [-0.39, 0.29) is 17.5 Å². The van der Waals surface area contributed by atoms with Gasteiger partial charge in [-0.25, -0.2) is 9.48 Å². The monoisotopic (exact) mass is 329 g/mol. The molecular formula is C17H19N3O4. The Kier molecular flexibility index (Phi) is 4.61. The molecule has 0 atom stereocenters. The number of carbonyl (C=O) groups excluding carboxylic acids is 1. The summed E-state index contributed by atoms with van der Waals surface area (Å²) in [7, 11) is 0. The van der Waals surface area contributed by atoms with Crippen LogP contribution in [0, 0.1) is 6.92 Å². The lowest BCUT2D eigenvalue weighted by Crippen LogP contribution is -2.38. The molecule has 7 nitrogen and oxygen atoms in total. The zero-order chi connectivity index (χ0) is 17.1. The third-order valence-electron chi connectivity index (χ3n) is 4.17. The molecule has 126 valence electrons. The first-order valence-electron chi connectivity index (χ1n) is 7.83. The van der Waals surface area contributed by atoms with Gasteiger partial charge in [-0.15, -0.1) is 0 Å². The van der Waals surface area contributed by atoms with Crippen LogP contribution >= 0.6 is 0 Å². The third kappa shape index (κ3) is 3.30. The number of carboxylic acid groups (broad SMARTS) is 1. The number of benzene rings is 1. The van der Waals surface area contributed by atoms with E-state index in [2.05, 4.69) is 10.4 Å². The largest absolute Gasteiger partial charge is 0.478 e. The van der Waals surface area contributed by atoms with Crippen LogP contribution in [0.25, 0.3) is 5.69 Å². The number of amides is 1. The van der Waals surface area contributed by atoms with Crippen LogP contribution in [0.15, 0.2) is 30.5 Å². The molecule has 2 N–H and O–H groups in total. The Labute approximate surface area is 139 Å². The molecule has 2 heterocycles. The van der Waals surface area contributed by atoms with Gasteiger partial charge in [0.25, 0.3) is 5.91 Å². The number of aromatic nitrogens is 2. The van der Waals surface area contributed by atoms with E-state index < -0.39 is 5.97 Å². The van der Waals surface area contributed by atoms with Crippen molar-refractivity contribution in [3.8, 4) is 5.69 Å². The Morgan fingerprint density at radius 1 is 1.25 bits per heavy atom. The van der Waals surface area contributed by atoms with Crippen LogP contribution in [0.2, 0.25) is 0 Å². The highest BCUT2D eigenvalue weighted by Crippen LogP contribution is 2.15. The summed E-state index contributed by atoms with van der Waals surface area (Å²) in [5.41, 5.74) is 1.98. The SMILES string of the molecule is Cc1c(C(=O)O)cnn1-c1ccc(C(=O)NC2CCOCC2)cc1. The Morgan fingerprint density at radius 3 is 2.50 bits per heavy atom. The van der Waals surface area contributed by atoms with E-state index in [0.717, 1.165) is 12.8 Å². The summed E-state index contributed by atoms with van der Waals surface area (Å²) in [6.07, 6.45) is 2.98. The second-order valence-corrected chi connectivity index (χ2v) is 5.77. The molecule has 3 rings (SSSR count). The van der Waals surface area contributed by atoms with Gasteiger partial charge in [0.15, 0.2) is 0 Å². The van der Waals surface area contributed by atoms with Gasteiger partial charge < -0.3 is 15.2 Å². The molecule has 1 aromatic carbocycles. The average molecular weight is 329 g/mol. The van der Waals surface area contributed by atoms with E-state index in [1.165, 1.54) is 6.20 Å². The number of carbonyl (C=O) groups is 2. The molecule has 0 bridgehead atoms. The molecule has 2 aromatic rings. The van der Waals surface area contributed by atoms with E-state index in [9.17, 15) is 9.59 Å². The maximum absolute atomic E-state index is 12.3. The van der Waals surface area contributed by atoms with Crippen molar-refractivity contribution in [1.29, 1.82) is 0 Å². The number of rotatable bonds is 4. The summed E-state index contributed by atoms with van der Waals surface area (Å²) in [5, 5.41) is 16.2. The van der Waals surface area contributed by atoms with Crippen molar-refractivity contribution < 1.29 is 19.4 Å². The Hall–Kier alpha value is -2.67. The lowest BCUT2D eigenvalue weighted by Gasteiger charge is -2.23. The standard InChI is InChI=1S/C17H19N3O4/c1-11-15(17(22)23)10-18-20(11)14-4-2-12(3-5-14)16(21)19-13-6-8-24-9-7-13/h2-5,10,13H,6-9H2,1H3,(H,19,21)(H,22,23). The summed E-state index contributed by atoms with van der Waals surface area (Å²) in [5.74, 6) is -1.12. The minimum Gasteiger partial charge on any atom is -0.478 e. The molecule has 1 aromatic heterocycles. The van der Waals surface area contributed by atoms with Gasteiger partial charge in [0.05, 0.1) is 17.6 Å². The lowest BCUT2D eigenvalue weighted by atomic mass is 10.1. The second-order valence-electron chi connectivity index (χ2n) is 5.77. The minimum absolute atomic E-state index is 0.114. The normalized spacial score (nSPS) is 15.2. The van der Waals surface area contributed by atoms with E-state index >= 15 is 0 Å². The maximum Gasteiger partial charge on any atom is 0.339 e. The van der Waals surface area contributed by atoms with Crippen molar-refractivity contribution >= 4 is 11.9 Å². The number of ether oxygens (including phenoxy) is 1. The summed E-state index contributed by atoms with van der Waals surface area (Å²) in [6, 6.07) is 7.09. The summed E-state index contributed by atoms with van der Waals surface area (Å²) < 4.78 is 6.82. The molecule has 1 aliphatic rings. The fourth-order valence-electron chi connectivity index (χ4n) is 2.74. The number of aromatic carboxylic acids is 1. The molecule has 24 heavy (non-hydrogen) atoms. The van der Waals surface area contributed by atoms with Crippen molar-refractivity contribution in [1.82, 2.24) is 15.1 Å². The van der Waals surface area contributed by atoms with Crippen molar-refractivity contribution in [2.45, 2.75) is 25.8 Å². The smallest absolute Gasteiger partial charge is 0.339 e. The summed E-state index contributed by atoms with van der Waals surface area (Å²) in [4.78, 5) is 23.4. The van der Waals surface area contributed by atoms with Gasteiger partial charge in [0.2, 0.25) is 0 Å². The maximum atomic E-state index is 12.3. The predicted octanol–water partition coefficient (Wildman–Crippen LogP) is 1.79. The molecular weight excluding hydrogens is 310 g/mol. The Balaban J connectivity index is 1.73. The minimum atomic E-state index is -1.01. The number of nitrogens with one attached hydrogen (secondary N) is 1. The van der Waals surface area contributed by atoms with Gasteiger partial charge in [-0.2, -0.15) is 5.10 Å². The van der Waals surface area contributed by atoms with Crippen molar-refractivity contribution in [2.24, 2.45) is 0 Å². The zero-order valence-corrected chi connectivity index (χ0v) is 13.4. The van der Waals surface area contributed by atoms with Gasteiger partial charge in [0.1, 0.15) is 5.56 Å². The highest BCUT2D eigenvalue weighted by Gasteiger charge is 2.17. The van der Waals surface area contributed by atoms with Crippen molar-refractivity contribution in [2.75, 3.05) is 13.2 Å². The quantitative estimate of drug-likeness (QED) is 0.892. The van der Waals surface area contributed by atoms with Crippen LogP contribution < -0.4 is 5.32 Å². The molecule has 1 aliphatic heterocycles. The zero-order valence-electron chi connectivity index (χ0n) is 13.4. The first-order valence-corrected chi connectivity index (χ1v) is 7.83. The van der Waals surface area contributed by atoms with Gasteiger partial charge in [0, 0.05) is 24.8 Å². The van der Waals surface area contributed by atoms with Crippen LogP contribution in [0.1, 0.15) is 39.3 Å². The van der Waals surface area contributed by atoms with Crippen LogP contribution in [-0.2, 0) is 4.74 Å². The van der Waals surface area contributed by atoms with Gasteiger partial charge in [-0.1, -0.05) is 0 Å². The molecule has 0 radical (unpaired) electrons. The first kappa shape index (κ1) is 16.2. The lowest BCUT2D eigenvalue weighted by molar-refractivity contribution is 0.0688. The van der Waals surface area contributed by atoms with E-state index in [1.54, 1.807) is 35.9 Å². The van der Waals surface area contributed by atoms with Crippen molar-refractivity contribution in [3.05, 3.63) is 47.3 Å². The molecule has 0 unspecified atom stereocenters. The molecule has 0 spiro atoms. The Morgan fingerprint density at radius 2 is 1.92 bits per heavy atom. The molecule has 0 saturated carbocycles. The van der Waals surface area contributed by atoms with E-state index in [4.69, 9.17) is 9.84 Å². The van der Waals surface area contributed by atoms with Gasteiger partial charge in [-0.3, -0.25) is 4.79 Å². The topological polar surface area (TPSA) is 93.5 Å². The first-order chi connectivity index (χ1) is 11.6. The fourth-order valence-corrected chi connectivity index (χ4v) is 2.74. The molecule has 7 heteroatoms. The van der Waals surface area contributed by atoms with Crippen LogP contribution in [0.3, 0.4) is 0 Å². The fraction of sp³-hybridized carbons (Fsp3) is 0.353. The predicted molar refractivity (Wildman–Crippen MR) is 86.6 cm³/mol. The summed E-state index contributed by atoms with van der Waals surface area (Å²) >= 11 is 0. The van der Waals surface area contributed by atoms with Crippen molar-refractivity contribution in [3.63, 3.8) is 0 Å². The second kappa shape index (κ2) is 6.84. The number of hydrogen-bond donors (Lipinski definition) is 2. The molecule has 1 amide bonds. The van der Waals surface area contributed by atoms with Gasteiger partial charge >= 0.3 is 5.97 Å². The highest BCUT2D eigenvalue weighted by atomic mass is 16.5. The van der Waals surface area contributed by atoms with Gasteiger partial charge in [-0.05, 0) is 44.0 Å². The highest BCUT2D eigenvalue weighted by molar-refractivity contribution is 5.94.